The number of aromatic amines is 2. The van der Waals surface area contributed by atoms with Crippen LogP contribution in [0.2, 0.25) is 0 Å². The molecule has 0 saturated heterocycles. The number of aromatic nitrogens is 2. The molecule has 3 heterocycles. The Morgan fingerprint density at radius 1 is 0.829 bits per heavy atom. The molecule has 0 amide bonds. The van der Waals surface area contributed by atoms with Crippen LogP contribution in [0.25, 0.3) is 21.8 Å². The van der Waals surface area contributed by atoms with E-state index in [0.29, 0.717) is 6.61 Å². The molecule has 0 spiro atoms. The second-order valence-electron chi connectivity index (χ2n) is 9.82. The van der Waals surface area contributed by atoms with Crippen LogP contribution in [-0.4, -0.2) is 22.2 Å². The van der Waals surface area contributed by atoms with Crippen LogP contribution in [0, 0.1) is 0 Å². The summed E-state index contributed by atoms with van der Waals surface area (Å²) in [6.07, 6.45) is 5.13. The molecule has 178 valence electrons. The lowest BCUT2D eigenvalue weighted by Gasteiger charge is -2.46. The average Bonchev–Trinajstić information content (AvgIpc) is 3.42. The summed E-state index contributed by atoms with van der Waals surface area (Å²) in [6.45, 7) is 6.96. The fourth-order valence-corrected chi connectivity index (χ4v) is 6.50. The van der Waals surface area contributed by atoms with Crippen LogP contribution in [0.15, 0.2) is 75.9 Å². The first kappa shape index (κ1) is 22.7. The number of hydrogen-bond donors (Lipinski definition) is 2. The number of nitrogens with one attached hydrogen (secondary N) is 2. The molecule has 1 aliphatic rings. The van der Waals surface area contributed by atoms with Gasteiger partial charge in [-0.1, -0.05) is 37.9 Å². The number of rotatable bonds is 4. The third-order valence-corrected chi connectivity index (χ3v) is 7.99. The first-order valence-corrected chi connectivity index (χ1v) is 13.4. The molecule has 0 fully saturated rings. The van der Waals surface area contributed by atoms with Crippen LogP contribution in [0.4, 0.5) is 0 Å². The van der Waals surface area contributed by atoms with E-state index in [4.69, 9.17) is 9.47 Å². The molecule has 4 nitrogen and oxygen atoms in total. The van der Waals surface area contributed by atoms with Crippen LogP contribution >= 0.6 is 31.9 Å². The van der Waals surface area contributed by atoms with Gasteiger partial charge in [-0.2, -0.15) is 0 Å². The van der Waals surface area contributed by atoms with Crippen LogP contribution in [0.3, 0.4) is 0 Å². The number of ether oxygens (including phenoxy) is 2. The fraction of sp³-hybridized carbons (Fsp3) is 0.241. The Hall–Kier alpha value is -2.70. The predicted molar refractivity (Wildman–Crippen MR) is 149 cm³/mol. The minimum absolute atomic E-state index is 0.414. The van der Waals surface area contributed by atoms with Gasteiger partial charge in [0.25, 0.3) is 0 Å². The summed E-state index contributed by atoms with van der Waals surface area (Å²) in [5.74, 6) is 1.68. The minimum Gasteiger partial charge on any atom is -0.494 e. The number of halogens is 2. The van der Waals surface area contributed by atoms with Crippen LogP contribution < -0.4 is 9.47 Å². The van der Waals surface area contributed by atoms with Gasteiger partial charge in [0.15, 0.2) is 0 Å². The van der Waals surface area contributed by atoms with Gasteiger partial charge in [-0.05, 0) is 74.4 Å². The van der Waals surface area contributed by atoms with Crippen LogP contribution in [0.1, 0.15) is 43.9 Å². The number of H-pyrrole nitrogens is 2. The second-order valence-corrected chi connectivity index (χ2v) is 11.7. The highest BCUT2D eigenvalue weighted by molar-refractivity contribution is 9.10. The van der Waals surface area contributed by atoms with Crippen molar-refractivity contribution in [3.8, 4) is 11.5 Å². The van der Waals surface area contributed by atoms with Crippen molar-refractivity contribution >= 4 is 53.7 Å². The Labute approximate surface area is 221 Å². The molecule has 35 heavy (non-hydrogen) atoms. The maximum Gasteiger partial charge on any atom is 0.128 e. The maximum absolute atomic E-state index is 6.61. The lowest BCUT2D eigenvalue weighted by Crippen LogP contribution is -2.45. The average molecular weight is 594 g/mol. The predicted octanol–water partition coefficient (Wildman–Crippen LogP) is 8.47. The van der Waals surface area contributed by atoms with Crippen molar-refractivity contribution in [3.05, 3.63) is 92.6 Å². The standard InChI is InChI=1S/C29H26Br2N2O2/c1-4-34-19-7-8-22-27(13-19)35-28(2,3)16-29(22,23-14-32-25-9-5-17(30)11-20(23)25)24-15-33-26-10-6-18(31)12-21(24)26/h5-15,32-33H,4,16H2,1-3H3. The van der Waals surface area contributed by atoms with Gasteiger partial charge in [0.2, 0.25) is 0 Å². The van der Waals surface area contributed by atoms with E-state index in [1.54, 1.807) is 0 Å². The summed E-state index contributed by atoms with van der Waals surface area (Å²) in [5, 5.41) is 2.39. The monoisotopic (exact) mass is 592 g/mol. The van der Waals surface area contributed by atoms with Crippen LogP contribution in [0.5, 0.6) is 11.5 Å². The molecule has 0 aliphatic carbocycles. The smallest absolute Gasteiger partial charge is 0.128 e. The topological polar surface area (TPSA) is 50.0 Å². The van der Waals surface area contributed by atoms with E-state index in [1.807, 2.05) is 13.0 Å². The van der Waals surface area contributed by atoms with Gasteiger partial charge in [-0.25, -0.2) is 0 Å². The van der Waals surface area contributed by atoms with E-state index in [2.05, 4.69) is 117 Å². The number of fused-ring (bicyclic) bond motifs is 3. The largest absolute Gasteiger partial charge is 0.494 e. The first-order valence-electron chi connectivity index (χ1n) is 11.8. The zero-order chi connectivity index (χ0) is 24.4. The highest BCUT2D eigenvalue weighted by atomic mass is 79.9. The van der Waals surface area contributed by atoms with Gasteiger partial charge in [0, 0.05) is 61.2 Å². The molecule has 0 atom stereocenters. The van der Waals surface area contributed by atoms with Crippen molar-refractivity contribution in [3.63, 3.8) is 0 Å². The summed E-state index contributed by atoms with van der Waals surface area (Å²) in [6, 6.07) is 19.1. The zero-order valence-electron chi connectivity index (χ0n) is 19.8. The highest BCUT2D eigenvalue weighted by Crippen LogP contribution is 2.56. The molecule has 5 aromatic rings. The van der Waals surface area contributed by atoms with Crippen molar-refractivity contribution in [2.24, 2.45) is 0 Å². The molecule has 6 heteroatoms. The molecule has 0 saturated carbocycles. The summed E-state index contributed by atoms with van der Waals surface area (Å²) in [4.78, 5) is 7.09. The number of benzene rings is 3. The Morgan fingerprint density at radius 2 is 1.43 bits per heavy atom. The van der Waals surface area contributed by atoms with Crippen molar-refractivity contribution in [1.29, 1.82) is 0 Å². The van der Waals surface area contributed by atoms with Gasteiger partial charge in [0.05, 0.1) is 12.0 Å². The first-order chi connectivity index (χ1) is 16.8. The highest BCUT2D eigenvalue weighted by Gasteiger charge is 2.50. The Kier molecular flexibility index (Phi) is 5.31. The lowest BCUT2D eigenvalue weighted by atomic mass is 9.62. The third-order valence-electron chi connectivity index (χ3n) is 7.01. The SMILES string of the molecule is CCOc1ccc2c(c1)OC(C)(C)CC2(c1c[nH]c2ccc(Br)cc12)c1c[nH]c2ccc(Br)cc12. The summed E-state index contributed by atoms with van der Waals surface area (Å²) in [7, 11) is 0. The molecular formula is C29H26Br2N2O2. The van der Waals surface area contributed by atoms with E-state index in [0.717, 1.165) is 43.5 Å². The van der Waals surface area contributed by atoms with E-state index >= 15 is 0 Å². The van der Waals surface area contributed by atoms with Gasteiger partial charge in [-0.15, -0.1) is 0 Å². The van der Waals surface area contributed by atoms with E-state index < -0.39 is 11.0 Å². The Balaban J connectivity index is 1.75. The Morgan fingerprint density at radius 3 is 2.00 bits per heavy atom. The molecule has 0 radical (unpaired) electrons. The summed E-state index contributed by atoms with van der Waals surface area (Å²) >= 11 is 7.41. The Bertz CT molecular complexity index is 1500. The van der Waals surface area contributed by atoms with Crippen molar-refractivity contribution in [2.45, 2.75) is 38.2 Å². The maximum atomic E-state index is 6.61. The lowest BCUT2D eigenvalue weighted by molar-refractivity contribution is 0.0629. The quantitative estimate of drug-likeness (QED) is 0.219. The summed E-state index contributed by atoms with van der Waals surface area (Å²) in [5.41, 5.74) is 4.96. The van der Waals surface area contributed by atoms with Crippen molar-refractivity contribution < 1.29 is 9.47 Å². The molecule has 0 unspecified atom stereocenters. The molecule has 2 aromatic heterocycles. The van der Waals surface area contributed by atoms with Gasteiger partial charge >= 0.3 is 0 Å². The normalized spacial score (nSPS) is 16.3. The molecule has 1 aliphatic heterocycles. The van der Waals surface area contributed by atoms with Gasteiger partial charge < -0.3 is 19.4 Å². The summed E-state index contributed by atoms with van der Waals surface area (Å²) < 4.78 is 14.6. The molecule has 3 aromatic carbocycles. The van der Waals surface area contributed by atoms with E-state index in [1.165, 1.54) is 21.9 Å². The van der Waals surface area contributed by atoms with Gasteiger partial charge in [-0.3, -0.25) is 0 Å². The molecule has 6 rings (SSSR count). The van der Waals surface area contributed by atoms with E-state index in [-0.39, 0.29) is 0 Å². The number of hydrogen-bond acceptors (Lipinski definition) is 2. The molecule has 2 N–H and O–H groups in total. The second kappa shape index (κ2) is 8.17. The van der Waals surface area contributed by atoms with Gasteiger partial charge in [0.1, 0.15) is 17.1 Å². The van der Waals surface area contributed by atoms with Crippen molar-refractivity contribution in [2.75, 3.05) is 6.61 Å². The zero-order valence-corrected chi connectivity index (χ0v) is 23.0. The van der Waals surface area contributed by atoms with Crippen LogP contribution in [-0.2, 0) is 5.41 Å². The molecular weight excluding hydrogens is 568 g/mol. The minimum atomic E-state index is -0.458. The molecule has 0 bridgehead atoms. The third kappa shape index (κ3) is 3.61. The van der Waals surface area contributed by atoms with E-state index in [9.17, 15) is 0 Å². The fourth-order valence-electron chi connectivity index (χ4n) is 5.78. The van der Waals surface area contributed by atoms with Crippen molar-refractivity contribution in [1.82, 2.24) is 9.97 Å².